The van der Waals surface area contributed by atoms with Crippen LogP contribution in [0.1, 0.15) is 34.0 Å². The zero-order valence-electron chi connectivity index (χ0n) is 28.0. The number of rotatable bonds is 13. The van der Waals surface area contributed by atoms with Crippen molar-refractivity contribution in [3.05, 3.63) is 144 Å². The summed E-state index contributed by atoms with van der Waals surface area (Å²) in [6, 6.07) is 40.6. The number of nitrogens with zero attached hydrogens (tertiary/aromatic N) is 2. The molecule has 6 rings (SSSR count). The lowest BCUT2D eigenvalue weighted by molar-refractivity contribution is 0.0921. The van der Waals surface area contributed by atoms with Crippen LogP contribution in [0.2, 0.25) is 0 Å². The van der Waals surface area contributed by atoms with E-state index in [1.165, 1.54) is 38.4 Å². The Bertz CT molecular complexity index is 1940. The van der Waals surface area contributed by atoms with Crippen molar-refractivity contribution in [3.63, 3.8) is 0 Å². The van der Waals surface area contributed by atoms with Crippen molar-refractivity contribution in [3.8, 4) is 11.1 Å². The van der Waals surface area contributed by atoms with Crippen LogP contribution in [0.3, 0.4) is 0 Å². The molecule has 0 aliphatic rings. The highest BCUT2D eigenvalue weighted by Gasteiger charge is 2.23. The van der Waals surface area contributed by atoms with Gasteiger partial charge in [0.2, 0.25) is 0 Å². The second-order valence-electron chi connectivity index (χ2n) is 12.8. The van der Waals surface area contributed by atoms with Gasteiger partial charge in [-0.25, -0.2) is 0 Å². The Labute approximate surface area is 279 Å². The molecular formula is C42H46N4O. The third-order valence-corrected chi connectivity index (χ3v) is 9.48. The maximum atomic E-state index is 13.8. The van der Waals surface area contributed by atoms with Crippen LogP contribution in [0.4, 0.5) is 0 Å². The van der Waals surface area contributed by atoms with Crippen molar-refractivity contribution in [2.24, 2.45) is 7.05 Å². The molecule has 0 aliphatic heterocycles. The second kappa shape index (κ2) is 14.8. The molecule has 0 radical (unpaired) electrons. The van der Waals surface area contributed by atoms with E-state index in [-0.39, 0.29) is 18.0 Å². The third kappa shape index (κ3) is 7.65. The highest BCUT2D eigenvalue weighted by Crippen LogP contribution is 2.24. The van der Waals surface area contributed by atoms with E-state index in [1.54, 1.807) is 0 Å². The lowest BCUT2D eigenvalue weighted by Crippen LogP contribution is -2.49. The molecule has 2 N–H and O–H groups in total. The maximum absolute atomic E-state index is 13.8. The number of carbonyl (C=O) groups excluding carboxylic acids is 1. The van der Waals surface area contributed by atoms with Crippen molar-refractivity contribution in [2.75, 3.05) is 27.2 Å². The Morgan fingerprint density at radius 2 is 1.45 bits per heavy atom. The minimum absolute atomic E-state index is 0.0452. The van der Waals surface area contributed by atoms with Crippen molar-refractivity contribution >= 4 is 27.6 Å². The maximum Gasteiger partial charge on any atom is 0.251 e. The number of para-hydroxylation sites is 1. The molecule has 0 saturated heterocycles. The van der Waals surface area contributed by atoms with E-state index in [0.29, 0.717) is 5.56 Å². The first kappa shape index (κ1) is 32.2. The van der Waals surface area contributed by atoms with Crippen LogP contribution in [0, 0.1) is 0 Å². The number of hydrogen-bond acceptors (Lipinski definition) is 3. The average molecular weight is 623 g/mol. The molecule has 1 aromatic heterocycles. The summed E-state index contributed by atoms with van der Waals surface area (Å²) in [5, 5.41) is 10.6. The first-order valence-electron chi connectivity index (χ1n) is 16.8. The minimum atomic E-state index is -0.0875. The number of carbonyl (C=O) groups is 1. The van der Waals surface area contributed by atoms with Crippen LogP contribution in [-0.2, 0) is 26.3 Å². The monoisotopic (exact) mass is 622 g/mol. The Balaban J connectivity index is 1.22. The molecule has 5 nitrogen and oxygen atoms in total. The number of nitrogens with one attached hydrogen (secondary N) is 2. The highest BCUT2D eigenvalue weighted by molar-refractivity contribution is 5.95. The molecule has 0 bridgehead atoms. The van der Waals surface area contributed by atoms with Crippen LogP contribution >= 0.6 is 0 Å². The molecule has 1 amide bonds. The molecular weight excluding hydrogens is 576 g/mol. The molecule has 0 unspecified atom stereocenters. The predicted octanol–water partition coefficient (Wildman–Crippen LogP) is 7.66. The van der Waals surface area contributed by atoms with E-state index in [0.717, 1.165) is 43.5 Å². The quantitative estimate of drug-likeness (QED) is 0.139. The van der Waals surface area contributed by atoms with Gasteiger partial charge in [-0.2, -0.15) is 0 Å². The number of aromatic nitrogens is 1. The van der Waals surface area contributed by atoms with E-state index < -0.39 is 0 Å². The van der Waals surface area contributed by atoms with Crippen LogP contribution in [0.15, 0.2) is 121 Å². The topological polar surface area (TPSA) is 49.3 Å². The average Bonchev–Trinajstić information content (AvgIpc) is 3.42. The van der Waals surface area contributed by atoms with E-state index in [1.807, 2.05) is 31.3 Å². The fraction of sp³-hybridized carbons (Fsp3) is 0.262. The van der Waals surface area contributed by atoms with Crippen molar-refractivity contribution in [1.29, 1.82) is 0 Å². The summed E-state index contributed by atoms with van der Waals surface area (Å²) < 4.78 is 2.18. The van der Waals surface area contributed by atoms with Gasteiger partial charge in [-0.05, 0) is 90.1 Å². The van der Waals surface area contributed by atoms with Gasteiger partial charge in [0.15, 0.2) is 0 Å². The fourth-order valence-electron chi connectivity index (χ4n) is 6.78. The smallest absolute Gasteiger partial charge is 0.251 e. The van der Waals surface area contributed by atoms with Crippen LogP contribution in [0.5, 0.6) is 0 Å². The Kier molecular flexibility index (Phi) is 10.2. The molecule has 6 aromatic rings. The summed E-state index contributed by atoms with van der Waals surface area (Å²) in [4.78, 5) is 16.2. The lowest BCUT2D eigenvalue weighted by Gasteiger charge is -2.32. The van der Waals surface area contributed by atoms with Gasteiger partial charge in [0.25, 0.3) is 5.91 Å². The normalized spacial score (nSPS) is 12.9. The third-order valence-electron chi connectivity index (χ3n) is 9.48. The molecule has 5 heteroatoms. The van der Waals surface area contributed by atoms with Crippen LogP contribution in [-0.4, -0.2) is 54.6 Å². The highest BCUT2D eigenvalue weighted by atomic mass is 16.1. The molecule has 47 heavy (non-hydrogen) atoms. The van der Waals surface area contributed by atoms with Gasteiger partial charge in [-0.15, -0.1) is 0 Å². The van der Waals surface area contributed by atoms with Gasteiger partial charge < -0.3 is 15.2 Å². The summed E-state index contributed by atoms with van der Waals surface area (Å²) in [7, 11) is 6.29. The van der Waals surface area contributed by atoms with E-state index in [4.69, 9.17) is 0 Å². The molecule has 2 atom stereocenters. The molecule has 0 spiro atoms. The first-order valence-corrected chi connectivity index (χ1v) is 16.8. The number of amides is 1. The second-order valence-corrected chi connectivity index (χ2v) is 12.8. The number of aryl methyl sites for hydroxylation is 2. The summed E-state index contributed by atoms with van der Waals surface area (Å²) in [5.41, 5.74) is 8.02. The van der Waals surface area contributed by atoms with Gasteiger partial charge >= 0.3 is 0 Å². The largest absolute Gasteiger partial charge is 0.350 e. The summed E-state index contributed by atoms with van der Waals surface area (Å²) >= 11 is 0. The summed E-state index contributed by atoms with van der Waals surface area (Å²) in [6.45, 7) is 3.73. The number of benzene rings is 5. The molecule has 240 valence electrons. The van der Waals surface area contributed by atoms with Gasteiger partial charge in [0.05, 0.1) is 0 Å². The number of fused-ring (bicyclic) bond motifs is 2. The molecule has 5 aromatic carbocycles. The van der Waals surface area contributed by atoms with Crippen molar-refractivity contribution in [1.82, 2.24) is 20.1 Å². The van der Waals surface area contributed by atoms with Gasteiger partial charge in [0, 0.05) is 54.9 Å². The lowest BCUT2D eigenvalue weighted by atomic mass is 9.99. The summed E-state index contributed by atoms with van der Waals surface area (Å²) in [5.74, 6) is -0.0452. The van der Waals surface area contributed by atoms with E-state index in [9.17, 15) is 4.79 Å². The standard InChI is InChI=1S/C42H46N4O/c1-5-30-14-17-33(18-15-30)34-20-22-35(23-21-34)42(47)44-38(26-37-28-46(4)41-13-9-8-12-40(37)41)29-45(3)39(27-43-2)25-31-16-19-32-10-6-7-11-36(32)24-31/h6-24,28,38-39,43H,5,25-27,29H2,1-4H3,(H,44,47)/t38-,39-/m1/s1. The predicted molar refractivity (Wildman–Crippen MR) is 197 cm³/mol. The van der Waals surface area contributed by atoms with E-state index in [2.05, 4.69) is 138 Å². The Hall–Kier alpha value is -4.71. The number of likely N-dealkylation sites (N-methyl/N-ethyl adjacent to an activating group) is 2. The number of hydrogen-bond donors (Lipinski definition) is 2. The van der Waals surface area contributed by atoms with Crippen LogP contribution in [0.25, 0.3) is 32.8 Å². The van der Waals surface area contributed by atoms with Crippen molar-refractivity contribution < 1.29 is 4.79 Å². The molecule has 0 aliphatic carbocycles. The fourth-order valence-corrected chi connectivity index (χ4v) is 6.78. The zero-order chi connectivity index (χ0) is 32.8. The first-order chi connectivity index (χ1) is 22.9. The van der Waals surface area contributed by atoms with Gasteiger partial charge in [-0.3, -0.25) is 9.69 Å². The SMILES string of the molecule is CCc1ccc(-c2ccc(C(=O)N[C@H](Cc3cn(C)c4ccccc34)CN(C)[C@@H](CNC)Cc3ccc4ccccc4c3)cc2)cc1. The van der Waals surface area contributed by atoms with Gasteiger partial charge in [-0.1, -0.05) is 104 Å². The Morgan fingerprint density at radius 1 is 0.787 bits per heavy atom. The zero-order valence-corrected chi connectivity index (χ0v) is 28.0. The molecule has 0 saturated carbocycles. The summed E-state index contributed by atoms with van der Waals surface area (Å²) in [6.07, 6.45) is 4.88. The molecule has 1 heterocycles. The minimum Gasteiger partial charge on any atom is -0.350 e. The van der Waals surface area contributed by atoms with E-state index >= 15 is 0 Å². The van der Waals surface area contributed by atoms with Crippen molar-refractivity contribution in [2.45, 2.75) is 38.3 Å². The Morgan fingerprint density at radius 3 is 2.17 bits per heavy atom. The van der Waals surface area contributed by atoms with Crippen LogP contribution < -0.4 is 10.6 Å². The molecule has 0 fully saturated rings. The van der Waals surface area contributed by atoms with Gasteiger partial charge in [0.1, 0.15) is 0 Å².